The van der Waals surface area contributed by atoms with Crippen LogP contribution in [0, 0.1) is 0 Å². The van der Waals surface area contributed by atoms with Gasteiger partial charge < -0.3 is 14.9 Å². The predicted octanol–water partition coefficient (Wildman–Crippen LogP) is 3.34. The van der Waals surface area contributed by atoms with Crippen molar-refractivity contribution in [3.63, 3.8) is 0 Å². The number of nitrogens with zero attached hydrogens (tertiary/aromatic N) is 2. The van der Waals surface area contributed by atoms with Crippen molar-refractivity contribution in [1.29, 1.82) is 0 Å². The van der Waals surface area contributed by atoms with Crippen molar-refractivity contribution in [2.24, 2.45) is 0 Å². The van der Waals surface area contributed by atoms with Crippen LogP contribution in [0.4, 0.5) is 0 Å². The van der Waals surface area contributed by atoms with Gasteiger partial charge in [0.05, 0.1) is 11.3 Å². The van der Waals surface area contributed by atoms with Crippen LogP contribution < -0.4 is 0 Å². The normalized spacial score (nSPS) is 15.7. The molecule has 1 N–H and O–H groups in total. The van der Waals surface area contributed by atoms with E-state index in [1.807, 2.05) is 0 Å². The molecule has 0 unspecified atom stereocenters. The number of benzene rings is 2. The number of carbonyl (C=O) groups is 3. The Morgan fingerprint density at radius 3 is 2.13 bits per heavy atom. The molecule has 0 atom stereocenters. The Bertz CT molecular complexity index is 845. The summed E-state index contributed by atoms with van der Waals surface area (Å²) in [7, 11) is 0. The summed E-state index contributed by atoms with van der Waals surface area (Å²) in [5.41, 5.74) is 1.76. The first-order valence-electron chi connectivity index (χ1n) is 10.0. The Hall–Kier alpha value is -2.80. The molecule has 0 bridgehead atoms. The van der Waals surface area contributed by atoms with Gasteiger partial charge >= 0.3 is 5.97 Å². The van der Waals surface area contributed by atoms with Gasteiger partial charge in [-0.2, -0.15) is 0 Å². The number of thioether (sulfide) groups is 1. The highest BCUT2D eigenvalue weighted by atomic mass is 32.2. The van der Waals surface area contributed by atoms with E-state index >= 15 is 0 Å². The summed E-state index contributed by atoms with van der Waals surface area (Å²) in [6, 6.07) is 17.2. The van der Waals surface area contributed by atoms with Crippen LogP contribution >= 0.6 is 11.8 Å². The van der Waals surface area contributed by atoms with E-state index in [9.17, 15) is 14.4 Å². The molecule has 0 spiro atoms. The number of carboxylic acid groups (broad SMARTS) is 1. The molecule has 7 heteroatoms. The zero-order valence-electron chi connectivity index (χ0n) is 16.8. The molecule has 2 fully saturated rings. The number of rotatable bonds is 6. The molecule has 0 radical (unpaired) electrons. The van der Waals surface area contributed by atoms with Gasteiger partial charge in [-0.05, 0) is 48.6 Å². The van der Waals surface area contributed by atoms with E-state index in [0.717, 1.165) is 17.2 Å². The van der Waals surface area contributed by atoms with Crippen LogP contribution in [0.25, 0.3) is 0 Å². The molecule has 2 amide bonds. The third-order valence-electron chi connectivity index (χ3n) is 5.13. The average Bonchev–Trinajstić information content (AvgIpc) is 3.64. The molecule has 6 nitrogen and oxygen atoms in total. The van der Waals surface area contributed by atoms with Crippen LogP contribution in [0.5, 0.6) is 0 Å². The molecule has 4 rings (SSSR count). The molecule has 1 heterocycles. The van der Waals surface area contributed by atoms with Crippen LogP contribution in [0.1, 0.15) is 34.7 Å². The SMILES string of the molecule is O=CN1CCN(C(=O)CSc2ccc(C(=O)O)cc2)CC1.c1ccc(C2CC2)cc1. The monoisotopic (exact) mass is 426 g/mol. The molecule has 2 aromatic rings. The number of carboxylic acids is 1. The minimum atomic E-state index is -0.962. The fourth-order valence-corrected chi connectivity index (χ4v) is 3.95. The first-order valence-corrected chi connectivity index (χ1v) is 11.0. The van der Waals surface area contributed by atoms with E-state index in [-0.39, 0.29) is 11.5 Å². The highest BCUT2D eigenvalue weighted by Crippen LogP contribution is 2.39. The molecular formula is C23H26N2O4S. The quantitative estimate of drug-likeness (QED) is 0.566. The van der Waals surface area contributed by atoms with E-state index in [0.29, 0.717) is 31.9 Å². The number of amides is 2. The van der Waals surface area contributed by atoms with Crippen LogP contribution in [0.15, 0.2) is 59.5 Å². The topological polar surface area (TPSA) is 77.9 Å². The van der Waals surface area contributed by atoms with E-state index < -0.39 is 5.97 Å². The minimum absolute atomic E-state index is 0.0351. The van der Waals surface area contributed by atoms with Crippen LogP contribution in [-0.2, 0) is 9.59 Å². The summed E-state index contributed by atoms with van der Waals surface area (Å²) in [5, 5.41) is 8.81. The number of carbonyl (C=O) groups excluding carboxylic acids is 2. The van der Waals surface area contributed by atoms with Crippen LogP contribution in [0.3, 0.4) is 0 Å². The highest BCUT2D eigenvalue weighted by molar-refractivity contribution is 8.00. The second-order valence-corrected chi connectivity index (χ2v) is 8.37. The fourth-order valence-electron chi connectivity index (χ4n) is 3.15. The van der Waals surface area contributed by atoms with E-state index in [1.165, 1.54) is 42.3 Å². The molecule has 2 aliphatic rings. The van der Waals surface area contributed by atoms with Gasteiger partial charge in [0.1, 0.15) is 0 Å². The van der Waals surface area contributed by atoms with E-state index in [2.05, 4.69) is 30.3 Å². The smallest absolute Gasteiger partial charge is 0.335 e. The Morgan fingerprint density at radius 1 is 0.967 bits per heavy atom. The van der Waals surface area contributed by atoms with E-state index in [4.69, 9.17) is 5.11 Å². The summed E-state index contributed by atoms with van der Waals surface area (Å²) in [6.07, 6.45) is 3.62. The van der Waals surface area contributed by atoms with Gasteiger partial charge in [0.15, 0.2) is 0 Å². The Kier molecular flexibility index (Phi) is 7.90. The molecule has 1 saturated heterocycles. The van der Waals surface area contributed by atoms with E-state index in [1.54, 1.807) is 21.9 Å². The summed E-state index contributed by atoms with van der Waals surface area (Å²) >= 11 is 1.38. The maximum Gasteiger partial charge on any atom is 0.335 e. The zero-order valence-corrected chi connectivity index (χ0v) is 17.6. The predicted molar refractivity (Wildman–Crippen MR) is 117 cm³/mol. The summed E-state index contributed by atoms with van der Waals surface area (Å²) in [6.45, 7) is 2.28. The molecular weight excluding hydrogens is 400 g/mol. The summed E-state index contributed by atoms with van der Waals surface area (Å²) < 4.78 is 0. The molecule has 2 aromatic carbocycles. The molecule has 1 saturated carbocycles. The Balaban J connectivity index is 0.000000234. The lowest BCUT2D eigenvalue weighted by Gasteiger charge is -2.32. The number of piperazine rings is 1. The van der Waals surface area contributed by atoms with Crippen molar-refractivity contribution in [3.8, 4) is 0 Å². The second-order valence-electron chi connectivity index (χ2n) is 7.33. The van der Waals surface area contributed by atoms with Gasteiger partial charge in [0, 0.05) is 31.1 Å². The summed E-state index contributed by atoms with van der Waals surface area (Å²) in [4.78, 5) is 37.6. The zero-order chi connectivity index (χ0) is 21.3. The van der Waals surface area contributed by atoms with Gasteiger partial charge in [-0.3, -0.25) is 9.59 Å². The van der Waals surface area contributed by atoms with Crippen molar-refractivity contribution < 1.29 is 19.5 Å². The Labute approximate surface area is 180 Å². The van der Waals surface area contributed by atoms with Crippen molar-refractivity contribution in [3.05, 3.63) is 65.7 Å². The second kappa shape index (κ2) is 10.8. The Morgan fingerprint density at radius 2 is 1.60 bits per heavy atom. The van der Waals surface area contributed by atoms with Gasteiger partial charge in [0.25, 0.3) is 0 Å². The maximum atomic E-state index is 12.0. The van der Waals surface area contributed by atoms with Crippen molar-refractivity contribution in [2.75, 3.05) is 31.9 Å². The van der Waals surface area contributed by atoms with Crippen LogP contribution in [0.2, 0.25) is 0 Å². The maximum absolute atomic E-state index is 12.0. The molecule has 158 valence electrons. The van der Waals surface area contributed by atoms with Gasteiger partial charge in [-0.25, -0.2) is 4.79 Å². The number of hydrogen-bond donors (Lipinski definition) is 1. The van der Waals surface area contributed by atoms with Crippen LogP contribution in [-0.4, -0.2) is 65.1 Å². The van der Waals surface area contributed by atoms with Crippen molar-refractivity contribution >= 4 is 30.0 Å². The highest BCUT2D eigenvalue weighted by Gasteiger charge is 2.22. The summed E-state index contributed by atoms with van der Waals surface area (Å²) in [5.74, 6) is 0.294. The average molecular weight is 427 g/mol. The lowest BCUT2D eigenvalue weighted by molar-refractivity contribution is -0.132. The lowest BCUT2D eigenvalue weighted by Crippen LogP contribution is -2.48. The lowest BCUT2D eigenvalue weighted by atomic mass is 10.1. The number of hydrogen-bond acceptors (Lipinski definition) is 4. The molecule has 1 aliphatic carbocycles. The first kappa shape index (κ1) is 21.9. The largest absolute Gasteiger partial charge is 0.478 e. The number of aromatic carboxylic acids is 1. The van der Waals surface area contributed by atoms with Gasteiger partial charge in [-0.15, -0.1) is 11.8 Å². The fraction of sp³-hybridized carbons (Fsp3) is 0.348. The van der Waals surface area contributed by atoms with Gasteiger partial charge in [0.2, 0.25) is 12.3 Å². The standard InChI is InChI=1S/C14H16N2O4S.C9H10/c17-10-15-5-7-16(8-6-15)13(18)9-21-12-3-1-11(2-4-12)14(19)20;1-2-4-8(5-3-1)9-6-7-9/h1-4,10H,5-9H2,(H,19,20);1-5,9H,6-7H2. The third-order valence-corrected chi connectivity index (χ3v) is 6.12. The third kappa shape index (κ3) is 6.62. The molecule has 0 aromatic heterocycles. The molecule has 1 aliphatic heterocycles. The van der Waals surface area contributed by atoms with Crippen molar-refractivity contribution in [1.82, 2.24) is 9.80 Å². The molecule has 30 heavy (non-hydrogen) atoms. The van der Waals surface area contributed by atoms with Crippen molar-refractivity contribution in [2.45, 2.75) is 23.7 Å². The first-order chi connectivity index (χ1) is 14.6. The van der Waals surface area contributed by atoms with Gasteiger partial charge in [-0.1, -0.05) is 30.3 Å². The minimum Gasteiger partial charge on any atom is -0.478 e.